The Morgan fingerprint density at radius 1 is 1.06 bits per heavy atom. The minimum Gasteiger partial charge on any atom is -0.335 e. The molecule has 1 aromatic carbocycles. The van der Waals surface area contributed by atoms with Crippen molar-refractivity contribution in [3.63, 3.8) is 0 Å². The molecule has 90 valence electrons. The first-order valence-electron chi connectivity index (χ1n) is 5.53. The zero-order valence-electron chi connectivity index (χ0n) is 10.1. The van der Waals surface area contributed by atoms with Gasteiger partial charge >= 0.3 is 0 Å². The second kappa shape index (κ2) is 6.45. The quantitative estimate of drug-likeness (QED) is 0.748. The van der Waals surface area contributed by atoms with Crippen LogP contribution in [0.15, 0.2) is 18.2 Å². The third-order valence-electron chi connectivity index (χ3n) is 2.56. The molecule has 1 unspecified atom stereocenters. The summed E-state index contributed by atoms with van der Waals surface area (Å²) in [5.41, 5.74) is 1.16. The van der Waals surface area contributed by atoms with E-state index < -0.39 is 0 Å². The molecule has 0 aliphatic heterocycles. The largest absolute Gasteiger partial charge is 0.335 e. The molecule has 1 atom stereocenters. The first-order valence-corrected chi connectivity index (χ1v) is 6.29. The number of nitrogens with one attached hydrogen (secondary N) is 2. The fraction of sp³-hybridized carbons (Fsp3) is 0.500. The third-order valence-corrected chi connectivity index (χ3v) is 3.15. The minimum atomic E-state index is 0.698. The lowest BCUT2D eigenvalue weighted by Crippen LogP contribution is -3.15. The Labute approximate surface area is 108 Å². The predicted octanol–water partition coefficient (Wildman–Crippen LogP) is 0.153. The zero-order valence-corrected chi connectivity index (χ0v) is 11.6. The van der Waals surface area contributed by atoms with Crippen LogP contribution in [0.4, 0.5) is 0 Å². The van der Waals surface area contributed by atoms with Crippen LogP contribution in [-0.4, -0.2) is 34.2 Å². The molecule has 0 aliphatic rings. The number of rotatable bonds is 5. The normalized spacial score (nSPS) is 13.1. The fourth-order valence-electron chi connectivity index (χ4n) is 1.54. The number of hydrogen-bond acceptors (Lipinski definition) is 0. The smallest absolute Gasteiger partial charge is 0.127 e. The SMILES string of the molecule is C[NH+](C)CC[NH+](C)Cc1ccc(Cl)cc1Cl. The molecule has 0 fully saturated rings. The van der Waals surface area contributed by atoms with Crippen LogP contribution in [-0.2, 0) is 6.54 Å². The van der Waals surface area contributed by atoms with Gasteiger partial charge in [0, 0.05) is 10.6 Å². The van der Waals surface area contributed by atoms with Gasteiger partial charge in [-0.25, -0.2) is 0 Å². The van der Waals surface area contributed by atoms with Crippen molar-refractivity contribution < 1.29 is 9.80 Å². The van der Waals surface area contributed by atoms with Gasteiger partial charge in [0.1, 0.15) is 19.6 Å². The molecular weight excluding hydrogens is 243 g/mol. The standard InChI is InChI=1S/C12H18Cl2N2/c1-15(2)6-7-16(3)9-10-4-5-11(13)8-12(10)14/h4-5,8H,6-7,9H2,1-3H3/p+2. The van der Waals surface area contributed by atoms with Crippen LogP contribution in [0.2, 0.25) is 10.0 Å². The molecule has 0 amide bonds. The highest BCUT2D eigenvalue weighted by atomic mass is 35.5. The van der Waals surface area contributed by atoms with E-state index in [9.17, 15) is 0 Å². The summed E-state index contributed by atoms with van der Waals surface area (Å²) in [4.78, 5) is 2.94. The van der Waals surface area contributed by atoms with E-state index in [1.54, 1.807) is 0 Å². The first-order chi connectivity index (χ1) is 7.49. The lowest BCUT2D eigenvalue weighted by Gasteiger charge is -2.16. The van der Waals surface area contributed by atoms with Crippen molar-refractivity contribution in [1.29, 1.82) is 0 Å². The first kappa shape index (κ1) is 13.8. The van der Waals surface area contributed by atoms with Crippen molar-refractivity contribution >= 4 is 23.2 Å². The van der Waals surface area contributed by atoms with Crippen LogP contribution in [0, 0.1) is 0 Å². The van der Waals surface area contributed by atoms with Crippen LogP contribution < -0.4 is 9.80 Å². The van der Waals surface area contributed by atoms with E-state index in [1.807, 2.05) is 18.2 Å². The number of hydrogen-bond donors (Lipinski definition) is 2. The van der Waals surface area contributed by atoms with Crippen molar-refractivity contribution in [3.05, 3.63) is 33.8 Å². The minimum absolute atomic E-state index is 0.698. The van der Waals surface area contributed by atoms with Crippen molar-refractivity contribution in [2.75, 3.05) is 34.2 Å². The average molecular weight is 263 g/mol. The van der Waals surface area contributed by atoms with Crippen LogP contribution in [0.5, 0.6) is 0 Å². The topological polar surface area (TPSA) is 8.88 Å². The average Bonchev–Trinajstić information content (AvgIpc) is 2.19. The maximum atomic E-state index is 6.13. The van der Waals surface area contributed by atoms with E-state index in [2.05, 4.69) is 21.1 Å². The van der Waals surface area contributed by atoms with Gasteiger partial charge in [0.2, 0.25) is 0 Å². The van der Waals surface area contributed by atoms with Gasteiger partial charge in [-0.2, -0.15) is 0 Å². The summed E-state index contributed by atoms with van der Waals surface area (Å²) in [6.45, 7) is 3.25. The van der Waals surface area contributed by atoms with Gasteiger partial charge in [-0.05, 0) is 12.1 Å². The summed E-state index contributed by atoms with van der Waals surface area (Å²) in [7, 11) is 6.53. The van der Waals surface area contributed by atoms with Crippen molar-refractivity contribution in [1.82, 2.24) is 0 Å². The van der Waals surface area contributed by atoms with Gasteiger partial charge in [0.25, 0.3) is 0 Å². The van der Waals surface area contributed by atoms with Gasteiger partial charge in [-0.15, -0.1) is 0 Å². The Morgan fingerprint density at radius 3 is 2.31 bits per heavy atom. The van der Waals surface area contributed by atoms with E-state index in [4.69, 9.17) is 23.2 Å². The molecule has 0 spiro atoms. The van der Waals surface area contributed by atoms with E-state index in [1.165, 1.54) is 9.80 Å². The molecule has 2 N–H and O–H groups in total. The summed E-state index contributed by atoms with van der Waals surface area (Å²) in [5.74, 6) is 0. The highest BCUT2D eigenvalue weighted by molar-refractivity contribution is 6.35. The summed E-state index contributed by atoms with van der Waals surface area (Å²) in [5, 5.41) is 1.47. The maximum absolute atomic E-state index is 6.13. The number of benzene rings is 1. The predicted molar refractivity (Wildman–Crippen MR) is 69.6 cm³/mol. The van der Waals surface area contributed by atoms with Gasteiger partial charge in [0.05, 0.1) is 26.2 Å². The number of halogens is 2. The Hall–Kier alpha value is -0.280. The van der Waals surface area contributed by atoms with Gasteiger partial charge in [-0.1, -0.05) is 29.3 Å². The lowest BCUT2D eigenvalue weighted by molar-refractivity contribution is -0.937. The van der Waals surface area contributed by atoms with Crippen molar-refractivity contribution in [2.45, 2.75) is 6.54 Å². The molecule has 0 saturated heterocycles. The molecule has 0 bridgehead atoms. The Kier molecular flexibility index (Phi) is 5.56. The second-order valence-corrected chi connectivity index (χ2v) is 5.42. The monoisotopic (exact) mass is 262 g/mol. The van der Waals surface area contributed by atoms with Crippen LogP contribution >= 0.6 is 23.2 Å². The molecule has 4 heteroatoms. The van der Waals surface area contributed by atoms with Crippen LogP contribution in [0.3, 0.4) is 0 Å². The molecule has 0 radical (unpaired) electrons. The molecule has 0 heterocycles. The molecule has 16 heavy (non-hydrogen) atoms. The Morgan fingerprint density at radius 2 is 1.75 bits per heavy atom. The molecule has 1 aromatic rings. The van der Waals surface area contributed by atoms with Gasteiger partial charge in [-0.3, -0.25) is 0 Å². The molecule has 2 nitrogen and oxygen atoms in total. The third kappa shape index (κ3) is 4.71. The molecule has 0 aromatic heterocycles. The number of quaternary nitrogens is 2. The van der Waals surface area contributed by atoms with Crippen LogP contribution in [0.25, 0.3) is 0 Å². The van der Waals surface area contributed by atoms with Crippen molar-refractivity contribution in [3.8, 4) is 0 Å². The molecule has 0 aliphatic carbocycles. The van der Waals surface area contributed by atoms with Crippen LogP contribution in [0.1, 0.15) is 5.56 Å². The van der Waals surface area contributed by atoms with Gasteiger partial charge < -0.3 is 9.80 Å². The summed E-state index contributed by atoms with van der Waals surface area (Å²) >= 11 is 12.0. The molecular formula is C12H20Cl2N2+2. The Bertz CT molecular complexity index is 340. The van der Waals surface area contributed by atoms with E-state index in [0.29, 0.717) is 5.02 Å². The molecule has 0 saturated carbocycles. The highest BCUT2D eigenvalue weighted by Gasteiger charge is 2.09. The van der Waals surface area contributed by atoms with E-state index in [-0.39, 0.29) is 0 Å². The zero-order chi connectivity index (χ0) is 12.1. The van der Waals surface area contributed by atoms with E-state index >= 15 is 0 Å². The van der Waals surface area contributed by atoms with E-state index in [0.717, 1.165) is 30.2 Å². The lowest BCUT2D eigenvalue weighted by atomic mass is 10.2. The Balaban J connectivity index is 2.52. The summed E-state index contributed by atoms with van der Waals surface area (Å²) < 4.78 is 0. The van der Waals surface area contributed by atoms with Gasteiger partial charge in [0.15, 0.2) is 0 Å². The molecule has 1 rings (SSSR count). The highest BCUT2D eigenvalue weighted by Crippen LogP contribution is 2.19. The summed E-state index contributed by atoms with van der Waals surface area (Å²) in [6, 6.07) is 5.72. The fourth-order valence-corrected chi connectivity index (χ4v) is 2.02. The second-order valence-electron chi connectivity index (χ2n) is 4.58. The maximum Gasteiger partial charge on any atom is 0.127 e. The summed E-state index contributed by atoms with van der Waals surface area (Å²) in [6.07, 6.45) is 0. The van der Waals surface area contributed by atoms with Crippen molar-refractivity contribution in [2.24, 2.45) is 0 Å². The number of likely N-dealkylation sites (N-methyl/N-ethyl adjacent to an activating group) is 2.